The molecule has 3 rings (SSSR count). The predicted octanol–water partition coefficient (Wildman–Crippen LogP) is -2.22. The van der Waals surface area contributed by atoms with Crippen LogP contribution in [0.2, 0.25) is 0 Å². The number of allylic oxidation sites excluding steroid dienone is 4. The molecule has 4 heteroatoms. The van der Waals surface area contributed by atoms with Crippen molar-refractivity contribution in [2.45, 2.75) is 53.9 Å². The van der Waals surface area contributed by atoms with Crippen molar-refractivity contribution in [1.29, 1.82) is 0 Å². The smallest absolute Gasteiger partial charge is 1.00 e. The number of halogens is 3. The summed E-state index contributed by atoms with van der Waals surface area (Å²) < 4.78 is 0. The van der Waals surface area contributed by atoms with Crippen LogP contribution < -0.4 is 37.2 Å². The first kappa shape index (κ1) is 30.7. The zero-order valence-electron chi connectivity index (χ0n) is 18.0. The van der Waals surface area contributed by atoms with Gasteiger partial charge in [0.15, 0.2) is 0 Å². The summed E-state index contributed by atoms with van der Waals surface area (Å²) in [7, 11) is 0. The molecule has 29 heavy (non-hydrogen) atoms. The summed E-state index contributed by atoms with van der Waals surface area (Å²) in [5, 5.41) is 0. The summed E-state index contributed by atoms with van der Waals surface area (Å²) in [5.74, 6) is 0.835. The first-order chi connectivity index (χ1) is 11.8. The number of benzene rings is 2. The standard InChI is InChI=1S/C25H29.3ClH.Ti/c1-16(2)21-7-8-22(15-21)25(23-11-17(3)9-18(4)12-23)24-13-19(5)10-20(6)14-24;;;;/h7,9-14,16,25H,8H2,1-6H3;3*1H;/q-1;;;;+4/p-3. The van der Waals surface area contributed by atoms with Crippen molar-refractivity contribution in [3.8, 4) is 0 Å². The molecule has 2 aromatic carbocycles. The van der Waals surface area contributed by atoms with Gasteiger partial charge in [-0.25, -0.2) is 17.7 Å². The number of aryl methyl sites for hydroxylation is 4. The van der Waals surface area contributed by atoms with Crippen LogP contribution in [0.5, 0.6) is 0 Å². The molecular formula is C25H29Cl3Ti. The Morgan fingerprint density at radius 2 is 1.07 bits per heavy atom. The quantitative estimate of drug-likeness (QED) is 0.342. The summed E-state index contributed by atoms with van der Waals surface area (Å²) in [6, 6.07) is 13.9. The van der Waals surface area contributed by atoms with Gasteiger partial charge in [-0.05, 0) is 38.8 Å². The molecule has 154 valence electrons. The minimum atomic E-state index is 0. The Balaban J connectivity index is 0. The van der Waals surface area contributed by atoms with Gasteiger partial charge in [0.2, 0.25) is 0 Å². The van der Waals surface area contributed by atoms with Crippen molar-refractivity contribution in [3.63, 3.8) is 0 Å². The molecule has 0 spiro atoms. The molecule has 0 heterocycles. The second-order valence-electron chi connectivity index (χ2n) is 7.94. The summed E-state index contributed by atoms with van der Waals surface area (Å²) >= 11 is 0. The van der Waals surface area contributed by atoms with Crippen molar-refractivity contribution in [3.05, 3.63) is 93.1 Å². The van der Waals surface area contributed by atoms with E-state index in [1.807, 2.05) is 0 Å². The van der Waals surface area contributed by atoms with Gasteiger partial charge in [0.25, 0.3) is 0 Å². The summed E-state index contributed by atoms with van der Waals surface area (Å²) in [5.41, 5.74) is 10.9. The third-order valence-electron chi connectivity index (χ3n) is 4.97. The van der Waals surface area contributed by atoms with Crippen molar-refractivity contribution >= 4 is 0 Å². The normalized spacial score (nSPS) is 12.3. The maximum Gasteiger partial charge on any atom is 4.00 e. The molecule has 0 fully saturated rings. The fourth-order valence-electron chi connectivity index (χ4n) is 4.03. The van der Waals surface area contributed by atoms with E-state index >= 15 is 0 Å². The Morgan fingerprint density at radius 3 is 1.38 bits per heavy atom. The van der Waals surface area contributed by atoms with Crippen LogP contribution in [-0.2, 0) is 21.7 Å². The molecule has 0 amide bonds. The molecule has 1 aliphatic carbocycles. The van der Waals surface area contributed by atoms with Crippen LogP contribution in [0.15, 0.2) is 53.6 Å². The Hall–Kier alpha value is -0.496. The Labute approximate surface area is 210 Å². The van der Waals surface area contributed by atoms with Crippen molar-refractivity contribution in [2.24, 2.45) is 5.92 Å². The molecule has 0 aliphatic heterocycles. The van der Waals surface area contributed by atoms with Crippen LogP contribution in [0, 0.1) is 39.7 Å². The molecule has 0 nitrogen and oxygen atoms in total. The summed E-state index contributed by atoms with van der Waals surface area (Å²) in [6.45, 7) is 13.3. The van der Waals surface area contributed by atoms with E-state index in [4.69, 9.17) is 0 Å². The van der Waals surface area contributed by atoms with Gasteiger partial charge in [0.05, 0.1) is 0 Å². The van der Waals surface area contributed by atoms with Crippen LogP contribution in [0.1, 0.15) is 59.6 Å². The zero-order chi connectivity index (χ0) is 18.1. The fraction of sp³-hybridized carbons (Fsp3) is 0.360. The Morgan fingerprint density at radius 1 is 0.690 bits per heavy atom. The van der Waals surface area contributed by atoms with Gasteiger partial charge in [0.1, 0.15) is 0 Å². The first-order valence-corrected chi connectivity index (χ1v) is 9.32. The minimum absolute atomic E-state index is 0. The van der Waals surface area contributed by atoms with Crippen LogP contribution in [0.25, 0.3) is 0 Å². The molecule has 0 N–H and O–H groups in total. The van der Waals surface area contributed by atoms with Gasteiger partial charge in [-0.1, -0.05) is 84.8 Å². The van der Waals surface area contributed by atoms with E-state index < -0.39 is 0 Å². The number of hydrogen-bond donors (Lipinski definition) is 0. The topological polar surface area (TPSA) is 0 Å². The van der Waals surface area contributed by atoms with Crippen molar-refractivity contribution in [1.82, 2.24) is 0 Å². The second kappa shape index (κ2) is 13.0. The van der Waals surface area contributed by atoms with E-state index in [9.17, 15) is 0 Å². The maximum absolute atomic E-state index is 3.74. The van der Waals surface area contributed by atoms with E-state index in [-0.39, 0.29) is 58.9 Å². The third kappa shape index (κ3) is 7.60. The molecule has 0 aromatic heterocycles. The van der Waals surface area contributed by atoms with Crippen LogP contribution >= 0.6 is 0 Å². The average molecular weight is 484 g/mol. The van der Waals surface area contributed by atoms with Gasteiger partial charge in [-0.2, -0.15) is 5.57 Å². The molecule has 0 unspecified atom stereocenters. The van der Waals surface area contributed by atoms with E-state index in [2.05, 4.69) is 90.1 Å². The van der Waals surface area contributed by atoms with Crippen LogP contribution in [-0.4, -0.2) is 0 Å². The molecule has 1 aliphatic rings. The monoisotopic (exact) mass is 482 g/mol. The molecule has 0 radical (unpaired) electrons. The zero-order valence-corrected chi connectivity index (χ0v) is 21.9. The maximum atomic E-state index is 3.74. The third-order valence-corrected chi connectivity index (χ3v) is 4.97. The summed E-state index contributed by atoms with van der Waals surface area (Å²) in [4.78, 5) is 0. The Bertz CT molecular complexity index is 774. The van der Waals surface area contributed by atoms with E-state index in [1.165, 1.54) is 44.5 Å². The summed E-state index contributed by atoms with van der Waals surface area (Å²) in [6.07, 6.45) is 7.11. The number of hydrogen-bond acceptors (Lipinski definition) is 0. The molecule has 0 saturated heterocycles. The van der Waals surface area contributed by atoms with Gasteiger partial charge in [-0.15, -0.1) is 0 Å². The SMILES string of the molecule is Cc1cc(C)cc(C(C2=[C-]C(C(C)C)=CC2)c2cc(C)cc(C)c2)c1.[Cl-].[Cl-].[Cl-].[Ti+4]. The fourth-order valence-corrected chi connectivity index (χ4v) is 4.03. The molecule has 0 atom stereocenters. The van der Waals surface area contributed by atoms with Crippen LogP contribution in [0.4, 0.5) is 0 Å². The average Bonchev–Trinajstić information content (AvgIpc) is 2.95. The van der Waals surface area contributed by atoms with Gasteiger partial charge < -0.3 is 37.2 Å². The predicted molar refractivity (Wildman–Crippen MR) is 108 cm³/mol. The molecule has 2 aromatic rings. The molecular weight excluding hydrogens is 455 g/mol. The van der Waals surface area contributed by atoms with Crippen molar-refractivity contribution in [2.75, 3.05) is 0 Å². The second-order valence-corrected chi connectivity index (χ2v) is 7.94. The molecule has 0 saturated carbocycles. The van der Waals surface area contributed by atoms with Gasteiger partial charge >= 0.3 is 21.7 Å². The van der Waals surface area contributed by atoms with Gasteiger partial charge in [-0.3, -0.25) is 0 Å². The molecule has 0 bridgehead atoms. The van der Waals surface area contributed by atoms with E-state index in [0.717, 1.165) is 6.42 Å². The Kier molecular flexibility index (Phi) is 13.8. The number of rotatable bonds is 4. The van der Waals surface area contributed by atoms with E-state index in [1.54, 1.807) is 0 Å². The first-order valence-electron chi connectivity index (χ1n) is 9.32. The van der Waals surface area contributed by atoms with Crippen LogP contribution in [0.3, 0.4) is 0 Å². The largest absolute Gasteiger partial charge is 4.00 e. The minimum Gasteiger partial charge on any atom is -1.00 e. The van der Waals surface area contributed by atoms with E-state index in [0.29, 0.717) is 11.8 Å². The van der Waals surface area contributed by atoms with Gasteiger partial charge in [0, 0.05) is 5.92 Å². The van der Waals surface area contributed by atoms with Crippen molar-refractivity contribution < 1.29 is 58.9 Å².